The average Bonchev–Trinajstić information content (AvgIpc) is 2.55. The van der Waals surface area contributed by atoms with Crippen LogP contribution in [0.5, 0.6) is 0 Å². The second-order valence-corrected chi connectivity index (χ2v) is 7.31. The second-order valence-electron chi connectivity index (χ2n) is 5.36. The molecule has 0 aliphatic carbocycles. The molecule has 25 heavy (non-hydrogen) atoms. The summed E-state index contributed by atoms with van der Waals surface area (Å²) in [5, 5.41) is 11.2. The first kappa shape index (κ1) is 18.9. The summed E-state index contributed by atoms with van der Waals surface area (Å²) in [5.41, 5.74) is -3.65. The zero-order chi connectivity index (χ0) is 18.9. The Morgan fingerprint density at radius 2 is 1.44 bits per heavy atom. The lowest BCUT2D eigenvalue weighted by Gasteiger charge is -2.24. The van der Waals surface area contributed by atoms with Gasteiger partial charge >= 0.3 is 6.18 Å². The molecule has 0 bridgehead atoms. The number of amides is 1. The monoisotopic (exact) mass is 373 g/mol. The van der Waals surface area contributed by atoms with Gasteiger partial charge < -0.3 is 10.4 Å². The van der Waals surface area contributed by atoms with Gasteiger partial charge in [-0.3, -0.25) is 4.79 Å². The van der Waals surface area contributed by atoms with Crippen LogP contribution in [0.25, 0.3) is 0 Å². The number of hydrogen-bond donors (Lipinski definition) is 2. The summed E-state index contributed by atoms with van der Waals surface area (Å²) in [6, 6.07) is 12.2. The van der Waals surface area contributed by atoms with Gasteiger partial charge in [0.25, 0.3) is 5.91 Å². The predicted molar refractivity (Wildman–Crippen MR) is 83.6 cm³/mol. The zero-order valence-corrected chi connectivity index (χ0v) is 13.7. The number of halogens is 3. The Morgan fingerprint density at radius 1 is 0.960 bits per heavy atom. The van der Waals surface area contributed by atoms with E-state index in [2.05, 4.69) is 0 Å². The minimum absolute atomic E-state index is 0.0618. The third-order valence-corrected chi connectivity index (χ3v) is 5.26. The number of benzene rings is 2. The van der Waals surface area contributed by atoms with E-state index >= 15 is 0 Å². The van der Waals surface area contributed by atoms with Gasteiger partial charge in [0, 0.05) is 5.69 Å². The van der Waals surface area contributed by atoms with Crippen molar-refractivity contribution in [1.29, 1.82) is 0 Å². The van der Waals surface area contributed by atoms with Crippen molar-refractivity contribution in [3.63, 3.8) is 0 Å². The summed E-state index contributed by atoms with van der Waals surface area (Å²) in [5.74, 6) is -1.67. The smallest absolute Gasteiger partial charge is 0.373 e. The van der Waals surface area contributed by atoms with Gasteiger partial charge in [-0.15, -0.1) is 0 Å². The summed E-state index contributed by atoms with van der Waals surface area (Å²) in [6.45, 7) is 0.330. The number of nitrogens with one attached hydrogen (secondary N) is 1. The Balaban J connectivity index is 2.23. The van der Waals surface area contributed by atoms with Gasteiger partial charge in [0.05, 0.1) is 9.79 Å². The van der Waals surface area contributed by atoms with Crippen LogP contribution in [-0.4, -0.2) is 31.2 Å². The van der Waals surface area contributed by atoms with Gasteiger partial charge in [-0.1, -0.05) is 18.2 Å². The zero-order valence-electron chi connectivity index (χ0n) is 12.9. The largest absolute Gasteiger partial charge is 0.426 e. The normalized spacial score (nSPS) is 14.6. The Kier molecular flexibility index (Phi) is 4.92. The van der Waals surface area contributed by atoms with E-state index in [1.807, 2.05) is 5.32 Å². The summed E-state index contributed by atoms with van der Waals surface area (Å²) >= 11 is 0. The van der Waals surface area contributed by atoms with Crippen LogP contribution in [0.4, 0.5) is 18.9 Å². The molecule has 0 aliphatic rings. The van der Waals surface area contributed by atoms with E-state index in [4.69, 9.17) is 0 Å². The van der Waals surface area contributed by atoms with Gasteiger partial charge in [0.2, 0.25) is 15.4 Å². The second kappa shape index (κ2) is 6.49. The number of rotatable bonds is 4. The highest BCUT2D eigenvalue weighted by Gasteiger charge is 2.55. The Morgan fingerprint density at radius 3 is 1.92 bits per heavy atom. The Labute approximate surface area is 142 Å². The van der Waals surface area contributed by atoms with Gasteiger partial charge in [0.1, 0.15) is 0 Å². The molecule has 0 fully saturated rings. The first-order chi connectivity index (χ1) is 11.5. The number of hydrogen-bond acceptors (Lipinski definition) is 4. The third kappa shape index (κ3) is 3.83. The molecule has 2 aromatic carbocycles. The van der Waals surface area contributed by atoms with E-state index in [1.165, 1.54) is 12.1 Å². The van der Waals surface area contributed by atoms with Crippen molar-refractivity contribution in [2.75, 3.05) is 5.32 Å². The number of carbonyl (C=O) groups is 1. The van der Waals surface area contributed by atoms with E-state index in [-0.39, 0.29) is 15.5 Å². The maximum absolute atomic E-state index is 12.6. The highest BCUT2D eigenvalue weighted by molar-refractivity contribution is 7.91. The molecular weight excluding hydrogens is 359 g/mol. The van der Waals surface area contributed by atoms with E-state index in [9.17, 15) is 31.5 Å². The standard InChI is InChI=1S/C16H14F3NO4S/c1-15(22,16(17,18)19)14(21)20-11-7-9-13(10-8-11)25(23,24)12-5-3-2-4-6-12/h2-10,22H,1H3,(H,20,21)/t15-/m1/s1. The number of carbonyl (C=O) groups excluding carboxylic acids is 1. The van der Waals surface area contributed by atoms with Crippen molar-refractivity contribution in [3.05, 3.63) is 54.6 Å². The predicted octanol–water partition coefficient (Wildman–Crippen LogP) is 2.77. The molecule has 5 nitrogen and oxygen atoms in total. The molecule has 0 heterocycles. The molecule has 2 N–H and O–H groups in total. The van der Waals surface area contributed by atoms with Crippen LogP contribution in [-0.2, 0) is 14.6 Å². The van der Waals surface area contributed by atoms with Crippen LogP contribution in [0.3, 0.4) is 0 Å². The van der Waals surface area contributed by atoms with Gasteiger partial charge in [-0.25, -0.2) is 8.42 Å². The average molecular weight is 373 g/mol. The van der Waals surface area contributed by atoms with Crippen molar-refractivity contribution in [2.24, 2.45) is 0 Å². The van der Waals surface area contributed by atoms with Crippen molar-refractivity contribution in [2.45, 2.75) is 28.5 Å². The molecule has 0 saturated carbocycles. The minimum atomic E-state index is -5.15. The van der Waals surface area contributed by atoms with E-state index in [1.54, 1.807) is 18.2 Å². The fraction of sp³-hybridized carbons (Fsp3) is 0.188. The maximum Gasteiger partial charge on any atom is 0.426 e. The Bertz CT molecular complexity index is 861. The van der Waals surface area contributed by atoms with Gasteiger partial charge in [-0.05, 0) is 43.3 Å². The molecule has 1 atom stereocenters. The highest BCUT2D eigenvalue weighted by atomic mass is 32.2. The van der Waals surface area contributed by atoms with Crippen LogP contribution < -0.4 is 5.32 Å². The molecule has 0 unspecified atom stereocenters. The fourth-order valence-electron chi connectivity index (χ4n) is 1.83. The van der Waals surface area contributed by atoms with Gasteiger partial charge in [0.15, 0.2) is 0 Å². The quantitative estimate of drug-likeness (QED) is 0.863. The molecule has 9 heteroatoms. The molecule has 2 rings (SSSR count). The maximum atomic E-state index is 12.6. The van der Waals surface area contributed by atoms with Crippen LogP contribution in [0.1, 0.15) is 6.92 Å². The van der Waals surface area contributed by atoms with E-state index < -0.39 is 27.5 Å². The first-order valence-electron chi connectivity index (χ1n) is 6.97. The minimum Gasteiger partial charge on any atom is -0.373 e. The highest BCUT2D eigenvalue weighted by Crippen LogP contribution is 2.31. The number of alkyl halides is 3. The molecule has 0 aliphatic heterocycles. The third-order valence-electron chi connectivity index (χ3n) is 3.47. The first-order valence-corrected chi connectivity index (χ1v) is 8.45. The molecule has 0 saturated heterocycles. The van der Waals surface area contributed by atoms with Crippen LogP contribution in [0.15, 0.2) is 64.4 Å². The van der Waals surface area contributed by atoms with Crippen molar-refractivity contribution in [1.82, 2.24) is 0 Å². The molecular formula is C16H14F3NO4S. The lowest BCUT2D eigenvalue weighted by Crippen LogP contribution is -2.52. The van der Waals surface area contributed by atoms with Crippen molar-refractivity contribution < 1.29 is 31.5 Å². The number of anilines is 1. The number of aliphatic hydroxyl groups is 1. The molecule has 134 valence electrons. The molecule has 1 amide bonds. The van der Waals surface area contributed by atoms with E-state index in [0.717, 1.165) is 24.3 Å². The summed E-state index contributed by atoms with van der Waals surface area (Å²) in [4.78, 5) is 11.6. The van der Waals surface area contributed by atoms with Crippen LogP contribution >= 0.6 is 0 Å². The van der Waals surface area contributed by atoms with Gasteiger partial charge in [-0.2, -0.15) is 13.2 Å². The summed E-state index contributed by atoms with van der Waals surface area (Å²) < 4.78 is 62.6. The molecule has 0 aromatic heterocycles. The molecule has 2 aromatic rings. The summed E-state index contributed by atoms with van der Waals surface area (Å²) in [7, 11) is -3.78. The summed E-state index contributed by atoms with van der Waals surface area (Å²) in [6.07, 6.45) is -5.15. The number of sulfone groups is 1. The van der Waals surface area contributed by atoms with Crippen LogP contribution in [0, 0.1) is 0 Å². The lowest BCUT2D eigenvalue weighted by atomic mass is 10.1. The van der Waals surface area contributed by atoms with Crippen molar-refractivity contribution in [3.8, 4) is 0 Å². The Hall–Kier alpha value is -2.39. The molecule has 0 radical (unpaired) electrons. The van der Waals surface area contributed by atoms with Crippen molar-refractivity contribution >= 4 is 21.4 Å². The van der Waals surface area contributed by atoms with E-state index in [0.29, 0.717) is 6.92 Å². The topological polar surface area (TPSA) is 83.5 Å². The lowest BCUT2D eigenvalue weighted by molar-refractivity contribution is -0.242. The fourth-order valence-corrected chi connectivity index (χ4v) is 3.12. The SMILES string of the molecule is C[C@@](O)(C(=O)Nc1ccc(S(=O)(=O)c2ccccc2)cc1)C(F)(F)F. The van der Waals surface area contributed by atoms with Crippen LogP contribution in [0.2, 0.25) is 0 Å². The molecule has 0 spiro atoms.